The first-order valence-electron chi connectivity index (χ1n) is 11.7. The van der Waals surface area contributed by atoms with Gasteiger partial charge in [-0.2, -0.15) is 5.10 Å². The number of hydrogen-bond acceptors (Lipinski definition) is 9. The van der Waals surface area contributed by atoms with E-state index in [1.807, 2.05) is 6.20 Å². The van der Waals surface area contributed by atoms with E-state index in [-0.39, 0.29) is 18.2 Å². The number of likely N-dealkylation sites (N-methyl/N-ethyl adjacent to an activating group) is 1. The van der Waals surface area contributed by atoms with Crippen molar-refractivity contribution in [2.24, 2.45) is 0 Å². The highest BCUT2D eigenvalue weighted by molar-refractivity contribution is 5.89. The SMILES string of the molecule is COC(=O)N1CC(C)N(c2ncc3[nH]nc(-c4ccc(N5CCN(C)CC5)nc4)c3n2)C(C)C1. The Morgan fingerprint density at radius 2 is 1.79 bits per heavy atom. The number of anilines is 2. The van der Waals surface area contributed by atoms with Crippen LogP contribution in [-0.4, -0.2) is 107 Å². The quantitative estimate of drug-likeness (QED) is 0.620. The van der Waals surface area contributed by atoms with Crippen molar-refractivity contribution in [2.75, 3.05) is 63.2 Å². The van der Waals surface area contributed by atoms with Crippen molar-refractivity contribution in [3.8, 4) is 11.3 Å². The number of amides is 1. The van der Waals surface area contributed by atoms with Crippen LogP contribution in [0.15, 0.2) is 24.5 Å². The van der Waals surface area contributed by atoms with Crippen LogP contribution >= 0.6 is 0 Å². The second-order valence-corrected chi connectivity index (χ2v) is 9.18. The second kappa shape index (κ2) is 9.05. The van der Waals surface area contributed by atoms with Crippen molar-refractivity contribution in [2.45, 2.75) is 25.9 Å². The fraction of sp³-hybridized carbons (Fsp3) is 0.522. The van der Waals surface area contributed by atoms with Crippen molar-refractivity contribution in [1.29, 1.82) is 0 Å². The fourth-order valence-corrected chi connectivity index (χ4v) is 4.87. The summed E-state index contributed by atoms with van der Waals surface area (Å²) in [4.78, 5) is 34.7. The van der Waals surface area contributed by atoms with E-state index in [1.54, 1.807) is 11.1 Å². The standard InChI is InChI=1S/C23H31N9O2/c1-15-13-31(23(33)34-4)14-16(2)32(15)22-25-12-18-21(26-22)20(28-27-18)17-5-6-19(24-11-17)30-9-7-29(3)8-10-30/h5-6,11-12,15-16H,7-10,13-14H2,1-4H3,(H,27,28). The third-order valence-corrected chi connectivity index (χ3v) is 6.72. The molecule has 5 heterocycles. The highest BCUT2D eigenvalue weighted by Gasteiger charge is 2.34. The van der Waals surface area contributed by atoms with E-state index in [2.05, 4.69) is 62.9 Å². The summed E-state index contributed by atoms with van der Waals surface area (Å²) in [5.74, 6) is 1.61. The Hall–Kier alpha value is -3.47. The number of aromatic amines is 1. The van der Waals surface area contributed by atoms with Crippen LogP contribution in [0.25, 0.3) is 22.3 Å². The number of aromatic nitrogens is 5. The first-order valence-corrected chi connectivity index (χ1v) is 11.7. The van der Waals surface area contributed by atoms with E-state index in [0.29, 0.717) is 19.0 Å². The lowest BCUT2D eigenvalue weighted by Gasteiger charge is -2.43. The minimum absolute atomic E-state index is 0.0418. The molecule has 2 atom stereocenters. The van der Waals surface area contributed by atoms with Gasteiger partial charge in [-0.15, -0.1) is 0 Å². The molecular formula is C23H31N9O2. The lowest BCUT2D eigenvalue weighted by atomic mass is 10.1. The van der Waals surface area contributed by atoms with Gasteiger partial charge >= 0.3 is 6.09 Å². The Morgan fingerprint density at radius 3 is 2.44 bits per heavy atom. The van der Waals surface area contributed by atoms with Crippen molar-refractivity contribution in [3.63, 3.8) is 0 Å². The lowest BCUT2D eigenvalue weighted by Crippen LogP contribution is -2.58. The number of pyridine rings is 1. The van der Waals surface area contributed by atoms with Gasteiger partial charge < -0.3 is 24.3 Å². The second-order valence-electron chi connectivity index (χ2n) is 9.18. The third-order valence-electron chi connectivity index (χ3n) is 6.72. The van der Waals surface area contributed by atoms with Gasteiger partial charge in [0.2, 0.25) is 5.95 Å². The summed E-state index contributed by atoms with van der Waals surface area (Å²) < 4.78 is 4.90. The number of H-pyrrole nitrogens is 1. The molecule has 1 amide bonds. The highest BCUT2D eigenvalue weighted by Crippen LogP contribution is 2.29. The van der Waals surface area contributed by atoms with E-state index in [4.69, 9.17) is 14.7 Å². The molecular weight excluding hydrogens is 434 g/mol. The van der Waals surface area contributed by atoms with Crippen LogP contribution in [0.3, 0.4) is 0 Å². The van der Waals surface area contributed by atoms with Crippen LogP contribution < -0.4 is 9.80 Å². The molecule has 5 rings (SSSR count). The molecule has 180 valence electrons. The van der Waals surface area contributed by atoms with Crippen LogP contribution in [-0.2, 0) is 4.74 Å². The summed E-state index contributed by atoms with van der Waals surface area (Å²) >= 11 is 0. The number of carbonyl (C=O) groups is 1. The lowest BCUT2D eigenvalue weighted by molar-refractivity contribution is 0.109. The molecule has 11 heteroatoms. The highest BCUT2D eigenvalue weighted by atomic mass is 16.5. The van der Waals surface area contributed by atoms with Gasteiger partial charge in [0.15, 0.2) is 0 Å². The molecule has 0 aromatic carbocycles. The third kappa shape index (κ3) is 4.11. The number of piperazine rings is 2. The molecule has 1 N–H and O–H groups in total. The predicted octanol–water partition coefficient (Wildman–Crippen LogP) is 1.83. The molecule has 2 fully saturated rings. The van der Waals surface area contributed by atoms with Crippen molar-refractivity contribution in [1.82, 2.24) is 34.9 Å². The average molecular weight is 466 g/mol. The zero-order valence-corrected chi connectivity index (χ0v) is 20.1. The number of nitrogens with one attached hydrogen (secondary N) is 1. The predicted molar refractivity (Wildman–Crippen MR) is 130 cm³/mol. The van der Waals surface area contributed by atoms with Crippen molar-refractivity contribution < 1.29 is 9.53 Å². The van der Waals surface area contributed by atoms with Gasteiger partial charge in [-0.25, -0.2) is 19.7 Å². The van der Waals surface area contributed by atoms with Crippen molar-refractivity contribution in [3.05, 3.63) is 24.5 Å². The van der Waals surface area contributed by atoms with Crippen LogP contribution in [0.5, 0.6) is 0 Å². The molecule has 11 nitrogen and oxygen atoms in total. The maximum atomic E-state index is 12.0. The van der Waals surface area contributed by atoms with Gasteiger partial charge in [-0.3, -0.25) is 5.10 Å². The monoisotopic (exact) mass is 465 g/mol. The molecule has 3 aromatic heterocycles. The minimum Gasteiger partial charge on any atom is -0.453 e. The molecule has 2 saturated heterocycles. The minimum atomic E-state index is -0.306. The number of hydrogen-bond donors (Lipinski definition) is 1. The van der Waals surface area contributed by atoms with Crippen LogP contribution in [0.4, 0.5) is 16.6 Å². The van der Waals surface area contributed by atoms with E-state index in [0.717, 1.165) is 54.3 Å². The Morgan fingerprint density at radius 1 is 1.06 bits per heavy atom. The number of carbonyl (C=O) groups excluding carboxylic acids is 1. The van der Waals surface area contributed by atoms with Gasteiger partial charge in [0.05, 0.1) is 13.3 Å². The first kappa shape index (κ1) is 22.3. The van der Waals surface area contributed by atoms with E-state index >= 15 is 0 Å². The Labute approximate surface area is 198 Å². The largest absolute Gasteiger partial charge is 0.453 e. The summed E-state index contributed by atoms with van der Waals surface area (Å²) in [5, 5.41) is 7.56. The van der Waals surface area contributed by atoms with E-state index < -0.39 is 0 Å². The number of rotatable bonds is 3. The molecule has 0 aliphatic carbocycles. The van der Waals surface area contributed by atoms with Gasteiger partial charge in [0, 0.05) is 63.1 Å². The molecule has 0 saturated carbocycles. The molecule has 2 aliphatic heterocycles. The van der Waals surface area contributed by atoms with Crippen LogP contribution in [0.1, 0.15) is 13.8 Å². The van der Waals surface area contributed by atoms with Gasteiger partial charge in [0.25, 0.3) is 0 Å². The van der Waals surface area contributed by atoms with E-state index in [9.17, 15) is 4.79 Å². The molecule has 0 spiro atoms. The number of fused-ring (bicyclic) bond motifs is 1. The first-order chi connectivity index (χ1) is 16.4. The Balaban J connectivity index is 1.40. The zero-order chi connectivity index (χ0) is 23.8. The fourth-order valence-electron chi connectivity index (χ4n) is 4.87. The summed E-state index contributed by atoms with van der Waals surface area (Å²) in [6.07, 6.45) is 3.33. The molecule has 3 aromatic rings. The number of nitrogens with zero attached hydrogens (tertiary/aromatic N) is 8. The van der Waals surface area contributed by atoms with Gasteiger partial charge in [0.1, 0.15) is 22.5 Å². The maximum Gasteiger partial charge on any atom is 0.409 e. The van der Waals surface area contributed by atoms with Gasteiger partial charge in [-0.1, -0.05) is 0 Å². The molecule has 34 heavy (non-hydrogen) atoms. The molecule has 2 aliphatic rings. The normalized spacial score (nSPS) is 21.8. The summed E-state index contributed by atoms with van der Waals surface area (Å²) in [7, 11) is 3.56. The Bertz CT molecular complexity index is 1140. The molecule has 0 radical (unpaired) electrons. The average Bonchev–Trinajstić information content (AvgIpc) is 3.27. The number of methoxy groups -OCH3 is 1. The smallest absolute Gasteiger partial charge is 0.409 e. The van der Waals surface area contributed by atoms with Crippen LogP contribution in [0, 0.1) is 0 Å². The summed E-state index contributed by atoms with van der Waals surface area (Å²) in [6, 6.07) is 4.19. The molecule has 2 unspecified atom stereocenters. The Kier molecular flexibility index (Phi) is 5.94. The van der Waals surface area contributed by atoms with Gasteiger partial charge in [-0.05, 0) is 33.0 Å². The van der Waals surface area contributed by atoms with Crippen LogP contribution in [0.2, 0.25) is 0 Å². The topological polar surface area (TPSA) is 107 Å². The van der Waals surface area contributed by atoms with Crippen molar-refractivity contribution >= 4 is 28.9 Å². The zero-order valence-electron chi connectivity index (χ0n) is 20.1. The van der Waals surface area contributed by atoms with E-state index in [1.165, 1.54) is 7.11 Å². The summed E-state index contributed by atoms with van der Waals surface area (Å²) in [6.45, 7) is 9.26. The maximum absolute atomic E-state index is 12.0. The summed E-state index contributed by atoms with van der Waals surface area (Å²) in [5.41, 5.74) is 3.19. The number of ether oxygens (including phenoxy) is 1. The molecule has 0 bridgehead atoms.